The predicted octanol–water partition coefficient (Wildman–Crippen LogP) is 4.79. The third-order valence-electron chi connectivity index (χ3n) is 2.92. The van der Waals surface area contributed by atoms with Crippen molar-refractivity contribution in [3.8, 4) is 5.75 Å². The largest absolute Gasteiger partial charge is 0.496 e. The number of halogens is 3. The van der Waals surface area contributed by atoms with Gasteiger partial charge in [0, 0.05) is 10.0 Å². The van der Waals surface area contributed by atoms with Gasteiger partial charge < -0.3 is 4.74 Å². The van der Waals surface area contributed by atoms with Crippen LogP contribution in [-0.2, 0) is 0 Å². The molecular formula is C15H11BrClFO2. The Kier molecular flexibility index (Phi) is 4.45. The number of rotatable bonds is 3. The lowest BCUT2D eigenvalue weighted by Gasteiger charge is -2.11. The molecule has 104 valence electrons. The molecule has 0 aliphatic carbocycles. The molecule has 0 unspecified atom stereocenters. The Morgan fingerprint density at radius 2 is 2.00 bits per heavy atom. The Balaban J connectivity index is 2.59. The highest BCUT2D eigenvalue weighted by Crippen LogP contribution is 2.31. The van der Waals surface area contributed by atoms with Crippen LogP contribution in [0, 0.1) is 12.7 Å². The summed E-state index contributed by atoms with van der Waals surface area (Å²) in [5.74, 6) is -0.578. The van der Waals surface area contributed by atoms with E-state index >= 15 is 0 Å². The topological polar surface area (TPSA) is 26.3 Å². The van der Waals surface area contributed by atoms with Crippen LogP contribution in [0.5, 0.6) is 5.75 Å². The highest BCUT2D eigenvalue weighted by Gasteiger charge is 2.20. The Morgan fingerprint density at radius 1 is 1.30 bits per heavy atom. The number of carbonyl (C=O) groups is 1. The lowest BCUT2D eigenvalue weighted by atomic mass is 10.0. The highest BCUT2D eigenvalue weighted by molar-refractivity contribution is 9.10. The van der Waals surface area contributed by atoms with E-state index in [1.54, 1.807) is 12.1 Å². The van der Waals surface area contributed by atoms with E-state index in [1.165, 1.54) is 25.3 Å². The van der Waals surface area contributed by atoms with Crippen molar-refractivity contribution in [2.75, 3.05) is 7.11 Å². The summed E-state index contributed by atoms with van der Waals surface area (Å²) in [5, 5.41) is -0.184. The third-order valence-corrected chi connectivity index (χ3v) is 4.16. The molecule has 0 spiro atoms. The molecule has 0 fully saturated rings. The van der Waals surface area contributed by atoms with Crippen LogP contribution in [0.15, 0.2) is 34.8 Å². The maximum atomic E-state index is 13.5. The Hall–Kier alpha value is -1.39. The first-order valence-electron chi connectivity index (χ1n) is 5.78. The zero-order valence-corrected chi connectivity index (χ0v) is 13.2. The molecule has 2 nitrogen and oxygen atoms in total. The molecule has 2 aromatic rings. The van der Waals surface area contributed by atoms with Crippen LogP contribution >= 0.6 is 27.5 Å². The third kappa shape index (κ3) is 2.72. The standard InChI is InChI=1S/C15H11BrClFO2/c1-8-6-13(20-2)10(7-11(8)16)15(19)9-4-3-5-12(18)14(9)17/h3-7H,1-2H3. The fraction of sp³-hybridized carbons (Fsp3) is 0.133. The fourth-order valence-electron chi connectivity index (χ4n) is 1.83. The van der Waals surface area contributed by atoms with Crippen LogP contribution in [0.4, 0.5) is 4.39 Å². The zero-order chi connectivity index (χ0) is 14.9. The van der Waals surface area contributed by atoms with Crippen molar-refractivity contribution in [1.82, 2.24) is 0 Å². The van der Waals surface area contributed by atoms with Crippen LogP contribution in [0.3, 0.4) is 0 Å². The van der Waals surface area contributed by atoms with Gasteiger partial charge in [-0.25, -0.2) is 4.39 Å². The van der Waals surface area contributed by atoms with Crippen molar-refractivity contribution >= 4 is 33.3 Å². The smallest absolute Gasteiger partial charge is 0.198 e. The first kappa shape index (κ1) is 15.0. The minimum Gasteiger partial charge on any atom is -0.496 e. The summed E-state index contributed by atoms with van der Waals surface area (Å²) < 4.78 is 19.4. The number of benzene rings is 2. The molecule has 0 radical (unpaired) electrons. The summed E-state index contributed by atoms with van der Waals surface area (Å²) in [6.07, 6.45) is 0. The Labute approximate surface area is 129 Å². The number of carbonyl (C=O) groups excluding carboxylic acids is 1. The normalized spacial score (nSPS) is 10.4. The van der Waals surface area contributed by atoms with Gasteiger partial charge in [0.1, 0.15) is 11.6 Å². The molecule has 0 aromatic heterocycles. The molecular weight excluding hydrogens is 347 g/mol. The molecule has 2 rings (SSSR count). The second-order valence-corrected chi connectivity index (χ2v) is 5.46. The van der Waals surface area contributed by atoms with Crippen molar-refractivity contribution in [3.05, 3.63) is 62.3 Å². The molecule has 0 bridgehead atoms. The number of hydrogen-bond acceptors (Lipinski definition) is 2. The number of methoxy groups -OCH3 is 1. The van der Waals surface area contributed by atoms with Crippen LogP contribution in [0.1, 0.15) is 21.5 Å². The van der Waals surface area contributed by atoms with Gasteiger partial charge in [0.15, 0.2) is 5.78 Å². The highest BCUT2D eigenvalue weighted by atomic mass is 79.9. The minimum absolute atomic E-state index is 0.112. The molecule has 0 aliphatic rings. The molecule has 0 saturated heterocycles. The molecule has 0 aliphatic heterocycles. The van der Waals surface area contributed by atoms with Gasteiger partial charge in [-0.2, -0.15) is 0 Å². The van der Waals surface area contributed by atoms with Crippen LogP contribution < -0.4 is 4.74 Å². The number of ether oxygens (including phenoxy) is 1. The lowest BCUT2D eigenvalue weighted by Crippen LogP contribution is -2.06. The van der Waals surface area contributed by atoms with Gasteiger partial charge in [-0.05, 0) is 36.8 Å². The zero-order valence-electron chi connectivity index (χ0n) is 10.8. The van der Waals surface area contributed by atoms with Crippen LogP contribution in [-0.4, -0.2) is 12.9 Å². The Morgan fingerprint density at radius 3 is 2.65 bits per heavy atom. The molecule has 0 N–H and O–H groups in total. The maximum absolute atomic E-state index is 13.5. The van der Waals surface area contributed by atoms with Gasteiger partial charge in [0.25, 0.3) is 0 Å². The molecule has 0 amide bonds. The van der Waals surface area contributed by atoms with Gasteiger partial charge in [-0.3, -0.25) is 4.79 Å². The van der Waals surface area contributed by atoms with Crippen molar-refractivity contribution in [1.29, 1.82) is 0 Å². The fourth-order valence-corrected chi connectivity index (χ4v) is 2.38. The molecule has 0 saturated carbocycles. The summed E-state index contributed by atoms with van der Waals surface area (Å²) in [6, 6.07) is 7.54. The van der Waals surface area contributed by atoms with Gasteiger partial charge in [0.05, 0.1) is 17.7 Å². The quantitative estimate of drug-likeness (QED) is 0.738. The molecule has 5 heteroatoms. The Bertz CT molecular complexity index is 686. The number of hydrogen-bond donors (Lipinski definition) is 0. The monoisotopic (exact) mass is 356 g/mol. The van der Waals surface area contributed by atoms with Gasteiger partial charge >= 0.3 is 0 Å². The van der Waals surface area contributed by atoms with E-state index in [9.17, 15) is 9.18 Å². The van der Waals surface area contributed by atoms with E-state index in [-0.39, 0.29) is 16.4 Å². The first-order chi connectivity index (χ1) is 9.45. The maximum Gasteiger partial charge on any atom is 0.198 e. The molecule has 0 atom stereocenters. The summed E-state index contributed by atoms with van der Waals surface area (Å²) in [4.78, 5) is 12.5. The minimum atomic E-state index is -0.623. The second-order valence-electron chi connectivity index (χ2n) is 4.23. The van der Waals surface area contributed by atoms with E-state index in [2.05, 4.69) is 15.9 Å². The summed E-state index contributed by atoms with van der Waals surface area (Å²) in [7, 11) is 1.48. The van der Waals surface area contributed by atoms with Crippen molar-refractivity contribution in [2.24, 2.45) is 0 Å². The van der Waals surface area contributed by atoms with Crippen LogP contribution in [0.2, 0.25) is 5.02 Å². The number of aryl methyl sites for hydroxylation is 1. The number of ketones is 1. The average Bonchev–Trinajstić information content (AvgIpc) is 2.43. The van der Waals surface area contributed by atoms with E-state index in [1.807, 2.05) is 6.92 Å². The summed E-state index contributed by atoms with van der Waals surface area (Å²) in [6.45, 7) is 1.88. The van der Waals surface area contributed by atoms with Gasteiger partial charge in [0.2, 0.25) is 0 Å². The predicted molar refractivity (Wildman–Crippen MR) is 80.3 cm³/mol. The van der Waals surface area contributed by atoms with Crippen LogP contribution in [0.25, 0.3) is 0 Å². The van der Waals surface area contributed by atoms with E-state index in [4.69, 9.17) is 16.3 Å². The SMILES string of the molecule is COc1cc(C)c(Br)cc1C(=O)c1cccc(F)c1Cl. The van der Waals surface area contributed by atoms with Crippen molar-refractivity contribution < 1.29 is 13.9 Å². The average molecular weight is 358 g/mol. The second kappa shape index (κ2) is 5.94. The molecule has 0 heterocycles. The van der Waals surface area contributed by atoms with Crippen molar-refractivity contribution in [2.45, 2.75) is 6.92 Å². The molecule has 2 aromatic carbocycles. The van der Waals surface area contributed by atoms with Gasteiger partial charge in [-0.1, -0.05) is 33.6 Å². The van der Waals surface area contributed by atoms with E-state index in [0.29, 0.717) is 11.3 Å². The summed E-state index contributed by atoms with van der Waals surface area (Å²) >= 11 is 9.22. The first-order valence-corrected chi connectivity index (χ1v) is 6.95. The van der Waals surface area contributed by atoms with Crippen molar-refractivity contribution in [3.63, 3.8) is 0 Å². The lowest BCUT2D eigenvalue weighted by molar-refractivity contribution is 0.103. The summed E-state index contributed by atoms with van der Waals surface area (Å²) in [5.41, 5.74) is 1.38. The molecule has 20 heavy (non-hydrogen) atoms. The van der Waals surface area contributed by atoms with E-state index < -0.39 is 5.82 Å². The van der Waals surface area contributed by atoms with E-state index in [0.717, 1.165) is 10.0 Å². The van der Waals surface area contributed by atoms with Gasteiger partial charge in [-0.15, -0.1) is 0 Å².